The summed E-state index contributed by atoms with van der Waals surface area (Å²) in [6.07, 6.45) is 0. The molecule has 3 heteroatoms. The fourth-order valence-corrected chi connectivity index (χ4v) is 2.07. The highest BCUT2D eigenvalue weighted by Crippen LogP contribution is 2.16. The first-order chi connectivity index (χ1) is 7.61. The third-order valence-corrected chi connectivity index (χ3v) is 3.99. The highest BCUT2D eigenvalue weighted by atomic mass is 127. The highest BCUT2D eigenvalue weighted by Gasteiger charge is 2.01. The number of aryl methyl sites for hydroxylation is 1. The van der Waals surface area contributed by atoms with E-state index in [4.69, 9.17) is 0 Å². The van der Waals surface area contributed by atoms with Crippen molar-refractivity contribution in [2.75, 3.05) is 13.1 Å². The number of benzene rings is 1. The van der Waals surface area contributed by atoms with Gasteiger partial charge in [-0.2, -0.15) is 0 Å². The third kappa shape index (κ3) is 4.80. The van der Waals surface area contributed by atoms with Gasteiger partial charge in [0.25, 0.3) is 0 Å². The number of hydrogen-bond acceptors (Lipinski definition) is 2. The minimum absolute atomic E-state index is 0.570. The molecule has 16 heavy (non-hydrogen) atoms. The van der Waals surface area contributed by atoms with Crippen LogP contribution in [0.5, 0.6) is 0 Å². The van der Waals surface area contributed by atoms with Crippen molar-refractivity contribution in [1.29, 1.82) is 0 Å². The maximum atomic E-state index is 3.46. The van der Waals surface area contributed by atoms with Gasteiger partial charge in [-0.15, -0.1) is 0 Å². The van der Waals surface area contributed by atoms with E-state index >= 15 is 0 Å². The van der Waals surface area contributed by atoms with Gasteiger partial charge in [-0.3, -0.25) is 0 Å². The summed E-state index contributed by atoms with van der Waals surface area (Å²) in [7, 11) is 0. The van der Waals surface area contributed by atoms with E-state index in [9.17, 15) is 0 Å². The molecule has 0 saturated carbocycles. The second-order valence-corrected chi connectivity index (χ2v) is 5.41. The topological polar surface area (TPSA) is 24.1 Å². The lowest BCUT2D eigenvalue weighted by Gasteiger charge is -2.10. The summed E-state index contributed by atoms with van der Waals surface area (Å²) in [4.78, 5) is 0. The SMILES string of the molecule is Cc1cccc(CNCCNC(C)C)c1I. The quantitative estimate of drug-likeness (QED) is 0.618. The lowest BCUT2D eigenvalue weighted by atomic mass is 10.1. The highest BCUT2D eigenvalue weighted by molar-refractivity contribution is 14.1. The molecule has 0 atom stereocenters. The predicted molar refractivity (Wildman–Crippen MR) is 78.7 cm³/mol. The molecule has 0 heterocycles. The van der Waals surface area contributed by atoms with E-state index < -0.39 is 0 Å². The molecule has 2 N–H and O–H groups in total. The second kappa shape index (κ2) is 7.25. The van der Waals surface area contributed by atoms with Crippen LogP contribution in [-0.2, 0) is 6.54 Å². The maximum absolute atomic E-state index is 3.46. The van der Waals surface area contributed by atoms with E-state index in [2.05, 4.69) is 72.2 Å². The van der Waals surface area contributed by atoms with Gasteiger partial charge in [0.1, 0.15) is 0 Å². The van der Waals surface area contributed by atoms with E-state index in [0.717, 1.165) is 19.6 Å². The summed E-state index contributed by atoms with van der Waals surface area (Å²) < 4.78 is 1.38. The van der Waals surface area contributed by atoms with Crippen LogP contribution in [-0.4, -0.2) is 19.1 Å². The minimum Gasteiger partial charge on any atom is -0.313 e. The lowest BCUT2D eigenvalue weighted by Crippen LogP contribution is -2.31. The van der Waals surface area contributed by atoms with Crippen LogP contribution in [0.2, 0.25) is 0 Å². The van der Waals surface area contributed by atoms with Crippen molar-refractivity contribution in [2.45, 2.75) is 33.4 Å². The van der Waals surface area contributed by atoms with Crippen molar-refractivity contribution in [1.82, 2.24) is 10.6 Å². The molecular formula is C13H21IN2. The van der Waals surface area contributed by atoms with Crippen molar-refractivity contribution < 1.29 is 0 Å². The van der Waals surface area contributed by atoms with Gasteiger partial charge in [0.2, 0.25) is 0 Å². The Morgan fingerprint density at radius 1 is 1.25 bits per heavy atom. The van der Waals surface area contributed by atoms with E-state index in [1.807, 2.05) is 0 Å². The molecule has 1 aromatic carbocycles. The van der Waals surface area contributed by atoms with E-state index in [-0.39, 0.29) is 0 Å². The van der Waals surface area contributed by atoms with Crippen LogP contribution < -0.4 is 10.6 Å². The lowest BCUT2D eigenvalue weighted by molar-refractivity contribution is 0.555. The van der Waals surface area contributed by atoms with Crippen molar-refractivity contribution in [2.24, 2.45) is 0 Å². The molecule has 0 unspecified atom stereocenters. The Balaban J connectivity index is 2.29. The molecule has 0 spiro atoms. The molecule has 1 rings (SSSR count). The summed E-state index contributed by atoms with van der Waals surface area (Å²) in [5.74, 6) is 0. The molecule has 0 amide bonds. The predicted octanol–water partition coefficient (Wildman–Crippen LogP) is 2.69. The molecule has 0 aliphatic rings. The van der Waals surface area contributed by atoms with Crippen LogP contribution in [0.25, 0.3) is 0 Å². The smallest absolute Gasteiger partial charge is 0.0216 e. The Morgan fingerprint density at radius 2 is 2.00 bits per heavy atom. The fourth-order valence-electron chi connectivity index (χ4n) is 1.52. The van der Waals surface area contributed by atoms with E-state index in [1.165, 1.54) is 14.7 Å². The van der Waals surface area contributed by atoms with Crippen LogP contribution in [0.1, 0.15) is 25.0 Å². The van der Waals surface area contributed by atoms with Crippen molar-refractivity contribution in [3.63, 3.8) is 0 Å². The van der Waals surface area contributed by atoms with Gasteiger partial charge >= 0.3 is 0 Å². The summed E-state index contributed by atoms with van der Waals surface area (Å²) >= 11 is 2.42. The Kier molecular flexibility index (Phi) is 6.31. The Labute approximate surface area is 112 Å². The third-order valence-electron chi connectivity index (χ3n) is 2.44. The van der Waals surface area contributed by atoms with Crippen LogP contribution in [0.4, 0.5) is 0 Å². The summed E-state index contributed by atoms with van der Waals surface area (Å²) in [6, 6.07) is 7.05. The molecule has 90 valence electrons. The van der Waals surface area contributed by atoms with Crippen LogP contribution in [0.15, 0.2) is 18.2 Å². The molecule has 2 nitrogen and oxygen atoms in total. The monoisotopic (exact) mass is 332 g/mol. The van der Waals surface area contributed by atoms with Gasteiger partial charge in [-0.05, 0) is 40.6 Å². The Hall–Kier alpha value is -0.130. The van der Waals surface area contributed by atoms with E-state index in [1.54, 1.807) is 0 Å². The first-order valence-corrected chi connectivity index (χ1v) is 6.87. The van der Waals surface area contributed by atoms with Crippen molar-refractivity contribution >= 4 is 22.6 Å². The maximum Gasteiger partial charge on any atom is 0.0216 e. The number of rotatable bonds is 6. The van der Waals surface area contributed by atoms with E-state index in [0.29, 0.717) is 6.04 Å². The molecule has 0 aromatic heterocycles. The van der Waals surface area contributed by atoms with Gasteiger partial charge in [-0.1, -0.05) is 32.0 Å². The first kappa shape index (κ1) is 13.9. The van der Waals surface area contributed by atoms with Crippen LogP contribution in [0.3, 0.4) is 0 Å². The van der Waals surface area contributed by atoms with Crippen LogP contribution >= 0.6 is 22.6 Å². The molecule has 1 aromatic rings. The number of nitrogens with one attached hydrogen (secondary N) is 2. The summed E-state index contributed by atoms with van der Waals surface area (Å²) in [5, 5.41) is 6.85. The zero-order chi connectivity index (χ0) is 12.0. The zero-order valence-corrected chi connectivity index (χ0v) is 12.5. The molecule has 0 saturated heterocycles. The largest absolute Gasteiger partial charge is 0.313 e. The fraction of sp³-hybridized carbons (Fsp3) is 0.538. The zero-order valence-electron chi connectivity index (χ0n) is 10.3. The first-order valence-electron chi connectivity index (χ1n) is 5.79. The molecular weight excluding hydrogens is 311 g/mol. The van der Waals surface area contributed by atoms with Crippen molar-refractivity contribution in [3.8, 4) is 0 Å². The summed E-state index contributed by atoms with van der Waals surface area (Å²) in [5.41, 5.74) is 2.75. The normalized spacial score (nSPS) is 11.1. The van der Waals surface area contributed by atoms with Gasteiger partial charge in [-0.25, -0.2) is 0 Å². The van der Waals surface area contributed by atoms with Gasteiger partial charge in [0.05, 0.1) is 0 Å². The molecule has 0 fully saturated rings. The average Bonchev–Trinajstić information content (AvgIpc) is 2.23. The molecule has 0 aliphatic carbocycles. The van der Waals surface area contributed by atoms with Gasteiger partial charge < -0.3 is 10.6 Å². The van der Waals surface area contributed by atoms with Crippen molar-refractivity contribution in [3.05, 3.63) is 32.9 Å². The van der Waals surface area contributed by atoms with Gasteiger partial charge in [0.15, 0.2) is 0 Å². The molecule has 0 aliphatic heterocycles. The standard InChI is InChI=1S/C13H21IN2/c1-10(2)16-8-7-15-9-12-6-4-5-11(3)13(12)14/h4-6,10,15-16H,7-9H2,1-3H3. The number of halogens is 1. The average molecular weight is 332 g/mol. The summed E-state index contributed by atoms with van der Waals surface area (Å²) in [6.45, 7) is 9.50. The number of hydrogen-bond donors (Lipinski definition) is 2. The second-order valence-electron chi connectivity index (χ2n) is 4.33. The Bertz CT molecular complexity index is 324. The molecule has 0 radical (unpaired) electrons. The molecule has 0 bridgehead atoms. The van der Waals surface area contributed by atoms with Crippen LogP contribution in [0, 0.1) is 10.5 Å². The van der Waals surface area contributed by atoms with Gasteiger partial charge in [0, 0.05) is 29.2 Å². The minimum atomic E-state index is 0.570. The Morgan fingerprint density at radius 3 is 2.69 bits per heavy atom.